The van der Waals surface area contributed by atoms with Crippen LogP contribution in [-0.2, 0) is 42.8 Å². The second kappa shape index (κ2) is 49.9. The van der Waals surface area contributed by atoms with Crippen molar-refractivity contribution >= 4 is 17.8 Å². The second-order valence-electron chi connectivity index (χ2n) is 26.5. The molecule has 0 saturated carbocycles. The molecule has 23 nitrogen and oxygen atoms in total. The minimum Gasteiger partial charge on any atom is -0.477 e. The first kappa shape index (κ1) is 83.7. The number of hydrogen-bond donors (Lipinski definition) is 14. The molecule has 3 saturated heterocycles. The number of nitrogens with one attached hydrogen (secondary N) is 2. The van der Waals surface area contributed by atoms with Gasteiger partial charge in [0.15, 0.2) is 12.6 Å². The normalized spacial score (nSPS) is 28.3. The number of amides is 2. The smallest absolute Gasteiger partial charge is 0.364 e. The first-order valence-corrected chi connectivity index (χ1v) is 36.1. The zero-order valence-corrected chi connectivity index (χ0v) is 56.4. The Hall–Kier alpha value is -2.53. The second-order valence-corrected chi connectivity index (χ2v) is 26.5. The molecule has 0 aromatic rings. The number of carboxylic acid groups (broad SMARTS) is 1. The van der Waals surface area contributed by atoms with E-state index in [0.29, 0.717) is 12.8 Å². The molecule has 0 bridgehead atoms. The molecule has 0 aromatic heterocycles. The third-order valence-corrected chi connectivity index (χ3v) is 18.5. The van der Waals surface area contributed by atoms with Crippen LogP contribution >= 0.6 is 0 Å². The number of carboxylic acids is 1. The van der Waals surface area contributed by atoms with Gasteiger partial charge in [0.05, 0.1) is 50.7 Å². The van der Waals surface area contributed by atoms with Crippen molar-refractivity contribution in [2.45, 2.75) is 381 Å². The van der Waals surface area contributed by atoms with Gasteiger partial charge in [-0.05, 0) is 19.3 Å². The third-order valence-electron chi connectivity index (χ3n) is 18.5. The highest BCUT2D eigenvalue weighted by Crippen LogP contribution is 2.39. The number of carbonyl (C=O) groups is 3. The highest BCUT2D eigenvalue weighted by Gasteiger charge is 2.60. The van der Waals surface area contributed by atoms with Crippen LogP contribution in [0.25, 0.3) is 0 Å². The van der Waals surface area contributed by atoms with Crippen LogP contribution in [0.2, 0.25) is 0 Å². The average Bonchev–Trinajstić information content (AvgIpc) is 1.82. The molecule has 18 unspecified atom stereocenters. The van der Waals surface area contributed by atoms with Crippen LogP contribution in [0.4, 0.5) is 0 Å². The Morgan fingerprint density at radius 1 is 0.565 bits per heavy atom. The Balaban J connectivity index is 1.51. The SMILES string of the molecule is CCCCCCCCCCC/C=C/C(O)C(COC1OC(CO)C(OC2OC(CO)C(O)C(OC3(C(=O)O)CC(O)C(NC(C)=O)C(C(O)C(O)CO)O3)C2O)C(O)C1O)NC(=O)CCCCCCCCCCCCCCCCCCCCCCCCCCCCC. The number of hydrogen-bond acceptors (Lipinski definition) is 20. The summed E-state index contributed by atoms with van der Waals surface area (Å²) in [4.78, 5) is 38.5. The lowest BCUT2D eigenvalue weighted by Gasteiger charge is -2.50. The van der Waals surface area contributed by atoms with Gasteiger partial charge in [-0.15, -0.1) is 0 Å². The van der Waals surface area contributed by atoms with Crippen LogP contribution in [-0.4, -0.2) is 215 Å². The van der Waals surface area contributed by atoms with Gasteiger partial charge in [-0.3, -0.25) is 9.59 Å². The molecule has 3 heterocycles. The Labute approximate surface area is 550 Å². The van der Waals surface area contributed by atoms with Crippen LogP contribution in [0.1, 0.15) is 271 Å². The molecule has 18 atom stereocenters. The van der Waals surface area contributed by atoms with Gasteiger partial charge in [-0.25, -0.2) is 4.79 Å². The van der Waals surface area contributed by atoms with E-state index in [1.54, 1.807) is 6.08 Å². The number of ether oxygens (including phenoxy) is 6. The summed E-state index contributed by atoms with van der Waals surface area (Å²) < 4.78 is 34.8. The van der Waals surface area contributed by atoms with Crippen molar-refractivity contribution in [1.82, 2.24) is 10.6 Å². The van der Waals surface area contributed by atoms with Gasteiger partial charge < -0.3 is 100 Å². The van der Waals surface area contributed by atoms with E-state index in [0.717, 1.165) is 51.9 Å². The molecule has 14 N–H and O–H groups in total. The Morgan fingerprint density at radius 2 is 1.01 bits per heavy atom. The maximum absolute atomic E-state index is 13.4. The zero-order chi connectivity index (χ0) is 67.5. The minimum absolute atomic E-state index is 0.205. The lowest BCUT2D eigenvalue weighted by Crippen LogP contribution is -2.70. The number of allylic oxidation sites excluding steroid dienone is 1. The topological polar surface area (TPSA) is 373 Å². The summed E-state index contributed by atoms with van der Waals surface area (Å²) in [5, 5.41) is 136. The minimum atomic E-state index is -3.08. The third kappa shape index (κ3) is 31.8. The molecule has 0 spiro atoms. The Kier molecular flexibility index (Phi) is 45.4. The number of carbonyl (C=O) groups excluding carboxylic acids is 2. The summed E-state index contributed by atoms with van der Waals surface area (Å²) in [7, 11) is 0. The first-order valence-electron chi connectivity index (χ1n) is 36.1. The molecule has 0 aromatic carbocycles. The van der Waals surface area contributed by atoms with Gasteiger partial charge in [0.25, 0.3) is 5.79 Å². The molecule has 3 rings (SSSR count). The fourth-order valence-corrected chi connectivity index (χ4v) is 12.7. The van der Waals surface area contributed by atoms with Crippen molar-refractivity contribution in [3.8, 4) is 0 Å². The molecular formula is C69H128N2O21. The molecule has 92 heavy (non-hydrogen) atoms. The van der Waals surface area contributed by atoms with Crippen LogP contribution in [0, 0.1) is 0 Å². The predicted octanol–water partition coefficient (Wildman–Crippen LogP) is 7.07. The number of aliphatic hydroxyl groups is 11. The van der Waals surface area contributed by atoms with E-state index < -0.39 is 155 Å². The fourth-order valence-electron chi connectivity index (χ4n) is 12.7. The molecule has 2 amide bonds. The van der Waals surface area contributed by atoms with Crippen molar-refractivity contribution in [2.24, 2.45) is 0 Å². The number of unbranched alkanes of at least 4 members (excludes halogenated alkanes) is 35. The van der Waals surface area contributed by atoms with Gasteiger partial charge in [0.1, 0.15) is 67.1 Å². The van der Waals surface area contributed by atoms with Crippen LogP contribution in [0.15, 0.2) is 12.2 Å². The molecular weight excluding hydrogens is 1190 g/mol. The van der Waals surface area contributed by atoms with E-state index in [-0.39, 0.29) is 12.3 Å². The maximum Gasteiger partial charge on any atom is 0.364 e. The van der Waals surface area contributed by atoms with E-state index >= 15 is 0 Å². The van der Waals surface area contributed by atoms with Crippen LogP contribution < -0.4 is 10.6 Å². The van der Waals surface area contributed by atoms with E-state index in [1.807, 2.05) is 6.08 Å². The van der Waals surface area contributed by atoms with Gasteiger partial charge >= 0.3 is 5.97 Å². The van der Waals surface area contributed by atoms with Gasteiger partial charge in [0.2, 0.25) is 11.8 Å². The fraction of sp³-hybridized carbons (Fsp3) is 0.928. The maximum atomic E-state index is 13.4. The van der Waals surface area contributed by atoms with E-state index in [4.69, 9.17) is 28.4 Å². The molecule has 0 aliphatic carbocycles. The molecule has 0 radical (unpaired) electrons. The molecule has 23 heteroatoms. The number of rotatable bonds is 55. The highest BCUT2D eigenvalue weighted by molar-refractivity contribution is 5.77. The van der Waals surface area contributed by atoms with Gasteiger partial charge in [-0.1, -0.05) is 244 Å². The zero-order valence-electron chi connectivity index (χ0n) is 56.4. The lowest BCUT2D eigenvalue weighted by molar-refractivity contribution is -0.386. The monoisotopic (exact) mass is 1320 g/mol. The molecule has 540 valence electrons. The van der Waals surface area contributed by atoms with Crippen LogP contribution in [0.3, 0.4) is 0 Å². The average molecular weight is 1320 g/mol. The van der Waals surface area contributed by atoms with E-state index in [2.05, 4.69) is 24.5 Å². The summed E-state index contributed by atoms with van der Waals surface area (Å²) in [6.07, 6.45) is 20.0. The summed E-state index contributed by atoms with van der Waals surface area (Å²) in [6, 6.07) is -2.61. The lowest BCUT2D eigenvalue weighted by atomic mass is 9.88. The number of aliphatic carboxylic acids is 1. The predicted molar refractivity (Wildman–Crippen MR) is 348 cm³/mol. The van der Waals surface area contributed by atoms with Crippen molar-refractivity contribution in [3.05, 3.63) is 12.2 Å². The Bertz CT molecular complexity index is 1910. The first-order chi connectivity index (χ1) is 44.4. The Morgan fingerprint density at radius 3 is 1.45 bits per heavy atom. The largest absolute Gasteiger partial charge is 0.477 e. The summed E-state index contributed by atoms with van der Waals surface area (Å²) in [5.74, 6) is -6.14. The standard InChI is InChI=1S/C69H128N2O21/c1-4-6-8-10-12-14-16-17-18-19-20-21-22-23-24-25-26-27-28-29-30-31-33-35-37-39-41-43-56(79)71-50(51(76)42-40-38-36-34-32-15-13-11-9-7-5-2)48-87-66-61(83)60(82)63(55(47-74)89-66)90-67-62(84)65(59(81)54(46-73)88-67)92-69(68(85)86)44-52(77)57(70-49(3)75)64(91-69)58(80)53(78)45-72/h40,42,50-55,57-67,72-74,76-78,80-84H,4-39,41,43-48H2,1-3H3,(H,70,75)(H,71,79)(H,85,86)/b42-40+. The summed E-state index contributed by atoms with van der Waals surface area (Å²) in [5.41, 5.74) is 0. The van der Waals surface area contributed by atoms with Crippen molar-refractivity contribution < 1.29 is 104 Å². The molecule has 3 aliphatic heterocycles. The quantitative estimate of drug-likeness (QED) is 0.0214. The highest BCUT2D eigenvalue weighted by atomic mass is 16.8. The number of aliphatic hydroxyl groups excluding tert-OH is 11. The summed E-state index contributed by atoms with van der Waals surface area (Å²) >= 11 is 0. The van der Waals surface area contributed by atoms with E-state index in [1.165, 1.54) is 180 Å². The summed E-state index contributed by atoms with van der Waals surface area (Å²) in [6.45, 7) is 2.13. The van der Waals surface area contributed by atoms with Crippen molar-refractivity contribution in [2.75, 3.05) is 26.4 Å². The molecule has 3 aliphatic rings. The van der Waals surface area contributed by atoms with Crippen molar-refractivity contribution in [1.29, 1.82) is 0 Å². The van der Waals surface area contributed by atoms with E-state index in [9.17, 15) is 75.7 Å². The van der Waals surface area contributed by atoms with Crippen molar-refractivity contribution in [3.63, 3.8) is 0 Å². The van der Waals surface area contributed by atoms with Gasteiger partial charge in [0, 0.05) is 19.8 Å². The van der Waals surface area contributed by atoms with Crippen LogP contribution in [0.5, 0.6) is 0 Å². The molecule has 3 fully saturated rings. The van der Waals surface area contributed by atoms with Gasteiger partial charge in [-0.2, -0.15) is 0 Å².